The molecule has 1 N–H and O–H groups in total. The zero-order valence-corrected chi connectivity index (χ0v) is 14.5. The average molecular weight is 410 g/mol. The highest BCUT2D eigenvalue weighted by molar-refractivity contribution is 9.10. The third-order valence-corrected chi connectivity index (χ3v) is 5.34. The van der Waals surface area contributed by atoms with Crippen molar-refractivity contribution in [2.75, 3.05) is 6.54 Å². The topological polar surface area (TPSA) is 12.0 Å². The fraction of sp³-hybridized carbons (Fsp3) is 0.231. The summed E-state index contributed by atoms with van der Waals surface area (Å²) in [5.74, 6) is 0. The van der Waals surface area contributed by atoms with Gasteiger partial charge in [0.1, 0.15) is 0 Å². The Kier molecular flexibility index (Phi) is 5.27. The average Bonchev–Trinajstić information content (AvgIpc) is 2.76. The smallest absolute Gasteiger partial charge is 0.0607 e. The summed E-state index contributed by atoms with van der Waals surface area (Å²) in [6.07, 6.45) is 0. The Labute approximate surface area is 133 Å². The first-order valence-corrected chi connectivity index (χ1v) is 8.44. The van der Waals surface area contributed by atoms with E-state index in [0.29, 0.717) is 0 Å². The molecule has 0 aliphatic rings. The normalized spacial score (nSPS) is 12.7. The van der Waals surface area contributed by atoms with Crippen LogP contribution in [0.5, 0.6) is 0 Å². The van der Waals surface area contributed by atoms with Crippen molar-refractivity contribution in [2.45, 2.75) is 13.0 Å². The molecule has 0 bridgehead atoms. The minimum atomic E-state index is 0.142. The largest absolute Gasteiger partial charge is 0.306 e. The minimum Gasteiger partial charge on any atom is -0.306 e. The molecule has 18 heavy (non-hydrogen) atoms. The zero-order chi connectivity index (χ0) is 13.1. The molecule has 0 aliphatic carbocycles. The Bertz CT molecular complexity index is 542. The van der Waals surface area contributed by atoms with E-state index >= 15 is 0 Å². The van der Waals surface area contributed by atoms with Crippen LogP contribution in [0.15, 0.2) is 37.9 Å². The third-order valence-electron chi connectivity index (χ3n) is 2.63. The van der Waals surface area contributed by atoms with E-state index in [1.807, 2.05) is 18.2 Å². The Hall–Kier alpha value is 0.130. The number of rotatable bonds is 4. The van der Waals surface area contributed by atoms with Gasteiger partial charge in [0.25, 0.3) is 0 Å². The molecular formula is C13H12Br2ClNS. The predicted octanol–water partition coefficient (Wildman–Crippen LogP) is 5.63. The summed E-state index contributed by atoms with van der Waals surface area (Å²) < 4.78 is 2.20. The molecule has 0 radical (unpaired) electrons. The Morgan fingerprint density at radius 2 is 2.00 bits per heavy atom. The molecule has 1 aromatic heterocycles. The molecule has 2 rings (SSSR count). The Balaban J connectivity index is 2.48. The molecule has 1 nitrogen and oxygen atoms in total. The maximum absolute atomic E-state index is 6.10. The van der Waals surface area contributed by atoms with Crippen molar-refractivity contribution in [3.05, 3.63) is 54.1 Å². The fourth-order valence-electron chi connectivity index (χ4n) is 1.82. The molecule has 0 saturated carbocycles. The Morgan fingerprint density at radius 3 is 2.61 bits per heavy atom. The van der Waals surface area contributed by atoms with E-state index in [-0.39, 0.29) is 6.04 Å². The van der Waals surface area contributed by atoms with Gasteiger partial charge in [-0.15, -0.1) is 0 Å². The molecule has 1 atom stereocenters. The van der Waals surface area contributed by atoms with E-state index < -0.39 is 0 Å². The van der Waals surface area contributed by atoms with Gasteiger partial charge in [0.2, 0.25) is 0 Å². The quantitative estimate of drug-likeness (QED) is 0.690. The van der Waals surface area contributed by atoms with Crippen molar-refractivity contribution in [1.82, 2.24) is 5.32 Å². The first kappa shape index (κ1) is 14.5. The van der Waals surface area contributed by atoms with Crippen LogP contribution in [-0.2, 0) is 0 Å². The standard InChI is InChI=1S/C13H12Br2ClNS/c1-2-17-13(10-6-18-7-12(10)15)9-5-8(16)3-4-11(9)14/h3-7,13,17H,2H2,1H3. The first-order valence-electron chi connectivity index (χ1n) is 5.53. The second-order valence-corrected chi connectivity index (χ2v) is 6.72. The van der Waals surface area contributed by atoms with Crippen LogP contribution in [0.2, 0.25) is 5.02 Å². The van der Waals surface area contributed by atoms with Crippen LogP contribution in [0.4, 0.5) is 0 Å². The summed E-state index contributed by atoms with van der Waals surface area (Å²) in [6.45, 7) is 3.00. The SMILES string of the molecule is CCNC(c1cscc1Br)c1cc(Cl)ccc1Br. The van der Waals surface area contributed by atoms with Crippen molar-refractivity contribution < 1.29 is 0 Å². The van der Waals surface area contributed by atoms with Crippen molar-refractivity contribution in [3.63, 3.8) is 0 Å². The summed E-state index contributed by atoms with van der Waals surface area (Å²) in [5.41, 5.74) is 2.40. The van der Waals surface area contributed by atoms with Crippen molar-refractivity contribution in [3.8, 4) is 0 Å². The van der Waals surface area contributed by atoms with Crippen molar-refractivity contribution in [2.24, 2.45) is 0 Å². The van der Waals surface area contributed by atoms with Gasteiger partial charge in [-0.1, -0.05) is 34.5 Å². The van der Waals surface area contributed by atoms with E-state index in [1.54, 1.807) is 11.3 Å². The molecule has 0 aliphatic heterocycles. The van der Waals surface area contributed by atoms with Gasteiger partial charge in [0.05, 0.1) is 6.04 Å². The van der Waals surface area contributed by atoms with Crippen LogP contribution in [0, 0.1) is 0 Å². The first-order chi connectivity index (χ1) is 8.63. The number of hydrogen-bond donors (Lipinski definition) is 1. The van der Waals surface area contributed by atoms with Crippen LogP contribution in [-0.4, -0.2) is 6.54 Å². The van der Waals surface area contributed by atoms with Gasteiger partial charge in [-0.2, -0.15) is 11.3 Å². The minimum absolute atomic E-state index is 0.142. The molecule has 2 aromatic rings. The molecule has 0 fully saturated rings. The number of nitrogens with one attached hydrogen (secondary N) is 1. The van der Waals surface area contributed by atoms with Gasteiger partial charge >= 0.3 is 0 Å². The molecule has 5 heteroatoms. The van der Waals surface area contributed by atoms with Crippen molar-refractivity contribution in [1.29, 1.82) is 0 Å². The molecular weight excluding hydrogens is 397 g/mol. The lowest BCUT2D eigenvalue weighted by atomic mass is 10.0. The molecule has 0 amide bonds. The van der Waals surface area contributed by atoms with Gasteiger partial charge in [0, 0.05) is 19.3 Å². The number of benzene rings is 1. The zero-order valence-electron chi connectivity index (χ0n) is 9.71. The van der Waals surface area contributed by atoms with Crippen LogP contribution in [0.3, 0.4) is 0 Å². The second kappa shape index (κ2) is 6.53. The van der Waals surface area contributed by atoms with Gasteiger partial charge in [-0.25, -0.2) is 0 Å². The summed E-state index contributed by atoms with van der Waals surface area (Å²) >= 11 is 15.0. The van der Waals surface area contributed by atoms with Crippen LogP contribution in [0.1, 0.15) is 24.1 Å². The monoisotopic (exact) mass is 407 g/mol. The summed E-state index contributed by atoms with van der Waals surface area (Å²) in [7, 11) is 0. The highest BCUT2D eigenvalue weighted by Crippen LogP contribution is 2.35. The van der Waals surface area contributed by atoms with Gasteiger partial charge in [-0.05, 0) is 57.2 Å². The maximum atomic E-state index is 6.10. The van der Waals surface area contributed by atoms with E-state index in [4.69, 9.17) is 11.6 Å². The number of hydrogen-bond acceptors (Lipinski definition) is 2. The van der Waals surface area contributed by atoms with Gasteiger partial charge in [-0.3, -0.25) is 0 Å². The molecule has 1 unspecified atom stereocenters. The number of halogens is 3. The number of thiophene rings is 1. The highest BCUT2D eigenvalue weighted by atomic mass is 79.9. The second-order valence-electron chi connectivity index (χ2n) is 3.83. The molecule has 0 saturated heterocycles. The third kappa shape index (κ3) is 3.17. The van der Waals surface area contributed by atoms with Crippen LogP contribution < -0.4 is 5.32 Å². The molecule has 1 aromatic carbocycles. The lowest BCUT2D eigenvalue weighted by Crippen LogP contribution is -2.22. The maximum Gasteiger partial charge on any atom is 0.0607 e. The van der Waals surface area contributed by atoms with E-state index in [1.165, 1.54) is 5.56 Å². The molecule has 96 valence electrons. The van der Waals surface area contributed by atoms with Gasteiger partial charge < -0.3 is 5.32 Å². The van der Waals surface area contributed by atoms with Crippen molar-refractivity contribution >= 4 is 54.8 Å². The Morgan fingerprint density at radius 1 is 1.22 bits per heavy atom. The van der Waals surface area contributed by atoms with E-state index in [9.17, 15) is 0 Å². The summed E-state index contributed by atoms with van der Waals surface area (Å²) in [4.78, 5) is 0. The highest BCUT2D eigenvalue weighted by Gasteiger charge is 2.19. The van der Waals surface area contributed by atoms with Gasteiger partial charge in [0.15, 0.2) is 0 Å². The van der Waals surface area contributed by atoms with Crippen LogP contribution >= 0.6 is 54.8 Å². The fourth-order valence-corrected chi connectivity index (χ4v) is 4.03. The molecule has 1 heterocycles. The van der Waals surface area contributed by atoms with E-state index in [2.05, 4.69) is 54.9 Å². The summed E-state index contributed by atoms with van der Waals surface area (Å²) in [6, 6.07) is 6.02. The van der Waals surface area contributed by atoms with Crippen LogP contribution in [0.25, 0.3) is 0 Å². The lowest BCUT2D eigenvalue weighted by molar-refractivity contribution is 0.628. The molecule has 0 spiro atoms. The lowest BCUT2D eigenvalue weighted by Gasteiger charge is -2.20. The summed E-state index contributed by atoms with van der Waals surface area (Å²) in [5, 5.41) is 8.50. The van der Waals surface area contributed by atoms with E-state index in [0.717, 1.165) is 26.1 Å². The predicted molar refractivity (Wildman–Crippen MR) is 86.7 cm³/mol.